The van der Waals surface area contributed by atoms with Crippen molar-refractivity contribution in [3.8, 4) is 0 Å². The van der Waals surface area contributed by atoms with E-state index in [0.717, 1.165) is 31.9 Å². The molecule has 0 unspecified atom stereocenters. The van der Waals surface area contributed by atoms with Crippen LogP contribution in [0.25, 0.3) is 0 Å². The van der Waals surface area contributed by atoms with Crippen molar-refractivity contribution in [2.24, 2.45) is 0 Å². The van der Waals surface area contributed by atoms with E-state index in [1.807, 2.05) is 12.3 Å². The Kier molecular flexibility index (Phi) is 4.70. The zero-order valence-electron chi connectivity index (χ0n) is 11.1. The Balaban J connectivity index is 2.09. The third kappa shape index (κ3) is 3.53. The Morgan fingerprint density at radius 2 is 2.39 bits per heavy atom. The molecule has 1 heterocycles. The van der Waals surface area contributed by atoms with Gasteiger partial charge < -0.3 is 10.2 Å². The molecular formula is C14H22N4. The summed E-state index contributed by atoms with van der Waals surface area (Å²) in [6.07, 6.45) is 9.18. The second-order valence-corrected chi connectivity index (χ2v) is 4.76. The summed E-state index contributed by atoms with van der Waals surface area (Å²) in [7, 11) is 0. The van der Waals surface area contributed by atoms with Gasteiger partial charge in [-0.25, -0.2) is 9.97 Å². The standard InChI is InChI=1S/C14H22N4/c1-3-7-18(8-4-2)14-12(9-15-11-17-14)10-16-13-5-6-13/h3,9,11,13,16H,1,4-8,10H2,2H3. The van der Waals surface area contributed by atoms with Gasteiger partial charge in [0.2, 0.25) is 0 Å². The minimum Gasteiger partial charge on any atom is -0.353 e. The number of anilines is 1. The molecule has 1 N–H and O–H groups in total. The lowest BCUT2D eigenvalue weighted by Gasteiger charge is -2.23. The van der Waals surface area contributed by atoms with Crippen LogP contribution in [-0.2, 0) is 6.54 Å². The minimum absolute atomic E-state index is 0.706. The SMILES string of the molecule is C=CCN(CCC)c1ncncc1CNC1CC1. The lowest BCUT2D eigenvalue weighted by atomic mass is 10.2. The highest BCUT2D eigenvalue weighted by Gasteiger charge is 2.21. The molecule has 0 radical (unpaired) electrons. The normalized spacial score (nSPS) is 14.5. The van der Waals surface area contributed by atoms with Crippen LogP contribution >= 0.6 is 0 Å². The van der Waals surface area contributed by atoms with E-state index in [4.69, 9.17) is 0 Å². The van der Waals surface area contributed by atoms with Crippen LogP contribution in [0.15, 0.2) is 25.2 Å². The first-order chi connectivity index (χ1) is 8.85. The average Bonchev–Trinajstić information content (AvgIpc) is 3.21. The molecule has 4 nitrogen and oxygen atoms in total. The summed E-state index contributed by atoms with van der Waals surface area (Å²) < 4.78 is 0. The molecule has 0 atom stereocenters. The molecule has 0 amide bonds. The Morgan fingerprint density at radius 1 is 1.56 bits per heavy atom. The van der Waals surface area contributed by atoms with Crippen LogP contribution < -0.4 is 10.2 Å². The van der Waals surface area contributed by atoms with Gasteiger partial charge in [-0.05, 0) is 19.3 Å². The molecule has 1 saturated carbocycles. The smallest absolute Gasteiger partial charge is 0.136 e. The Bertz CT molecular complexity index is 387. The number of aromatic nitrogens is 2. The van der Waals surface area contributed by atoms with Crippen molar-refractivity contribution in [3.63, 3.8) is 0 Å². The van der Waals surface area contributed by atoms with Crippen molar-refractivity contribution in [3.05, 3.63) is 30.7 Å². The van der Waals surface area contributed by atoms with Gasteiger partial charge in [0.15, 0.2) is 0 Å². The van der Waals surface area contributed by atoms with Crippen molar-refractivity contribution in [2.75, 3.05) is 18.0 Å². The van der Waals surface area contributed by atoms with Gasteiger partial charge in [-0.15, -0.1) is 6.58 Å². The predicted octanol–water partition coefficient (Wildman–Crippen LogP) is 2.13. The second-order valence-electron chi connectivity index (χ2n) is 4.76. The van der Waals surface area contributed by atoms with Crippen LogP contribution in [0.5, 0.6) is 0 Å². The molecule has 0 saturated heterocycles. The fourth-order valence-corrected chi connectivity index (χ4v) is 2.01. The second kappa shape index (κ2) is 6.50. The lowest BCUT2D eigenvalue weighted by molar-refractivity contribution is 0.677. The van der Waals surface area contributed by atoms with Gasteiger partial charge in [-0.3, -0.25) is 0 Å². The van der Waals surface area contributed by atoms with E-state index < -0.39 is 0 Å². The number of hydrogen-bond donors (Lipinski definition) is 1. The summed E-state index contributed by atoms with van der Waals surface area (Å²) >= 11 is 0. The summed E-state index contributed by atoms with van der Waals surface area (Å²) in [4.78, 5) is 10.8. The molecule has 1 fully saturated rings. The van der Waals surface area contributed by atoms with Gasteiger partial charge in [0.1, 0.15) is 12.1 Å². The first-order valence-corrected chi connectivity index (χ1v) is 6.73. The molecule has 0 spiro atoms. The molecule has 1 aromatic rings. The summed E-state index contributed by atoms with van der Waals surface area (Å²) in [6, 6.07) is 0.706. The molecule has 1 aliphatic carbocycles. The quantitative estimate of drug-likeness (QED) is 0.713. The first kappa shape index (κ1) is 13.0. The van der Waals surface area contributed by atoms with Crippen LogP contribution in [0, 0.1) is 0 Å². The molecule has 0 aliphatic heterocycles. The van der Waals surface area contributed by atoms with Gasteiger partial charge in [0, 0.05) is 37.4 Å². The zero-order chi connectivity index (χ0) is 12.8. The topological polar surface area (TPSA) is 41.1 Å². The molecule has 4 heteroatoms. The molecule has 18 heavy (non-hydrogen) atoms. The highest BCUT2D eigenvalue weighted by molar-refractivity contribution is 5.46. The van der Waals surface area contributed by atoms with Crippen LogP contribution in [0.4, 0.5) is 5.82 Å². The largest absolute Gasteiger partial charge is 0.353 e. The van der Waals surface area contributed by atoms with E-state index in [2.05, 4.69) is 33.7 Å². The number of nitrogens with zero attached hydrogens (tertiary/aromatic N) is 3. The van der Waals surface area contributed by atoms with E-state index in [9.17, 15) is 0 Å². The van der Waals surface area contributed by atoms with Crippen molar-refractivity contribution < 1.29 is 0 Å². The molecule has 0 aromatic carbocycles. The van der Waals surface area contributed by atoms with Crippen molar-refractivity contribution in [2.45, 2.75) is 38.8 Å². The Morgan fingerprint density at radius 3 is 3.06 bits per heavy atom. The van der Waals surface area contributed by atoms with Crippen LogP contribution in [-0.4, -0.2) is 29.1 Å². The summed E-state index contributed by atoms with van der Waals surface area (Å²) in [5, 5.41) is 3.52. The Labute approximate surface area is 109 Å². The predicted molar refractivity (Wildman–Crippen MR) is 74.6 cm³/mol. The van der Waals surface area contributed by atoms with Crippen LogP contribution in [0.1, 0.15) is 31.7 Å². The maximum atomic E-state index is 4.44. The van der Waals surface area contributed by atoms with E-state index in [1.54, 1.807) is 6.33 Å². The van der Waals surface area contributed by atoms with Gasteiger partial charge in [0.25, 0.3) is 0 Å². The number of nitrogens with one attached hydrogen (secondary N) is 1. The Hall–Kier alpha value is -1.42. The highest BCUT2D eigenvalue weighted by atomic mass is 15.2. The van der Waals surface area contributed by atoms with Crippen LogP contribution in [0.2, 0.25) is 0 Å². The summed E-state index contributed by atoms with van der Waals surface area (Å²) in [6.45, 7) is 8.69. The third-order valence-corrected chi connectivity index (χ3v) is 3.07. The summed E-state index contributed by atoms with van der Waals surface area (Å²) in [5.41, 5.74) is 1.18. The number of hydrogen-bond acceptors (Lipinski definition) is 4. The first-order valence-electron chi connectivity index (χ1n) is 6.73. The molecule has 1 aromatic heterocycles. The van der Waals surface area contributed by atoms with Gasteiger partial charge >= 0.3 is 0 Å². The minimum atomic E-state index is 0.706. The summed E-state index contributed by atoms with van der Waals surface area (Å²) in [5.74, 6) is 1.04. The molecule has 2 rings (SSSR count). The number of rotatable bonds is 8. The van der Waals surface area contributed by atoms with Crippen LogP contribution in [0.3, 0.4) is 0 Å². The van der Waals surface area contributed by atoms with E-state index >= 15 is 0 Å². The maximum Gasteiger partial charge on any atom is 0.136 e. The fraction of sp³-hybridized carbons (Fsp3) is 0.571. The van der Waals surface area contributed by atoms with Gasteiger partial charge in [-0.1, -0.05) is 13.0 Å². The van der Waals surface area contributed by atoms with Crippen molar-refractivity contribution >= 4 is 5.82 Å². The molecule has 1 aliphatic rings. The highest BCUT2D eigenvalue weighted by Crippen LogP contribution is 2.21. The van der Waals surface area contributed by atoms with Gasteiger partial charge in [-0.2, -0.15) is 0 Å². The molecule has 98 valence electrons. The fourth-order valence-electron chi connectivity index (χ4n) is 2.01. The van der Waals surface area contributed by atoms with Gasteiger partial charge in [0.05, 0.1) is 0 Å². The van der Waals surface area contributed by atoms with E-state index in [-0.39, 0.29) is 0 Å². The monoisotopic (exact) mass is 246 g/mol. The van der Waals surface area contributed by atoms with E-state index in [0.29, 0.717) is 6.04 Å². The third-order valence-electron chi connectivity index (χ3n) is 3.07. The lowest BCUT2D eigenvalue weighted by Crippen LogP contribution is -2.28. The average molecular weight is 246 g/mol. The van der Waals surface area contributed by atoms with Crippen molar-refractivity contribution in [1.82, 2.24) is 15.3 Å². The molecular weight excluding hydrogens is 224 g/mol. The van der Waals surface area contributed by atoms with Crippen molar-refractivity contribution in [1.29, 1.82) is 0 Å². The molecule has 0 bridgehead atoms. The maximum absolute atomic E-state index is 4.44. The van der Waals surface area contributed by atoms with E-state index in [1.165, 1.54) is 18.4 Å². The zero-order valence-corrected chi connectivity index (χ0v) is 11.1.